The van der Waals surface area contributed by atoms with Crippen molar-refractivity contribution in [2.75, 3.05) is 6.54 Å². The summed E-state index contributed by atoms with van der Waals surface area (Å²) >= 11 is 0. The van der Waals surface area contributed by atoms with Gasteiger partial charge in [0.25, 0.3) is 0 Å². The van der Waals surface area contributed by atoms with Crippen LogP contribution in [-0.2, 0) is 17.8 Å². The zero-order chi connectivity index (χ0) is 19.0. The Kier molecular flexibility index (Phi) is 4.95. The molecule has 1 saturated carbocycles. The van der Waals surface area contributed by atoms with Crippen molar-refractivity contribution in [2.45, 2.75) is 51.1 Å². The van der Waals surface area contributed by atoms with E-state index in [1.54, 1.807) is 4.90 Å². The lowest BCUT2D eigenvalue weighted by Crippen LogP contribution is -2.46. The van der Waals surface area contributed by atoms with Crippen molar-refractivity contribution in [2.24, 2.45) is 11.7 Å². The number of aromatic nitrogens is 2. The number of nitrogens with two attached hydrogens (primary N) is 1. The molecule has 5 nitrogen and oxygen atoms in total. The molecule has 1 aliphatic heterocycles. The number of carbonyl (C=O) groups excluding carboxylic acids is 1. The van der Waals surface area contributed by atoms with Crippen molar-refractivity contribution < 1.29 is 13.6 Å². The van der Waals surface area contributed by atoms with Crippen LogP contribution >= 0.6 is 0 Å². The van der Waals surface area contributed by atoms with Gasteiger partial charge in [-0.1, -0.05) is 25.7 Å². The van der Waals surface area contributed by atoms with E-state index < -0.39 is 17.7 Å². The predicted molar refractivity (Wildman–Crippen MR) is 97.6 cm³/mol. The summed E-state index contributed by atoms with van der Waals surface area (Å²) in [7, 11) is 0. The smallest absolute Gasteiger partial charge is 0.239 e. The first-order valence-electron chi connectivity index (χ1n) is 9.59. The number of carbonyl (C=O) groups is 1. The first kappa shape index (κ1) is 18.1. The Morgan fingerprint density at radius 2 is 2.07 bits per heavy atom. The van der Waals surface area contributed by atoms with Crippen LogP contribution in [0.15, 0.2) is 18.2 Å². The molecule has 2 aromatic rings. The number of hydrogen-bond donors (Lipinski definition) is 2. The maximum Gasteiger partial charge on any atom is 0.239 e. The molecular formula is C20H24F2N4O. The number of nitrogens with one attached hydrogen (secondary N) is 1. The predicted octanol–water partition coefficient (Wildman–Crippen LogP) is 3.15. The van der Waals surface area contributed by atoms with Crippen LogP contribution in [0.4, 0.5) is 8.78 Å². The van der Waals surface area contributed by atoms with Crippen molar-refractivity contribution in [3.63, 3.8) is 0 Å². The van der Waals surface area contributed by atoms with E-state index in [0.29, 0.717) is 36.7 Å². The second-order valence-electron chi connectivity index (χ2n) is 7.66. The molecule has 2 aliphatic rings. The normalized spacial score (nSPS) is 18.6. The summed E-state index contributed by atoms with van der Waals surface area (Å²) in [6, 6.07) is 3.25. The summed E-state index contributed by atoms with van der Waals surface area (Å²) in [6.07, 6.45) is 6.16. The first-order valence-corrected chi connectivity index (χ1v) is 9.59. The van der Waals surface area contributed by atoms with E-state index in [9.17, 15) is 13.6 Å². The summed E-state index contributed by atoms with van der Waals surface area (Å²) < 4.78 is 26.8. The lowest BCUT2D eigenvalue weighted by atomic mass is 9.96. The molecule has 7 heteroatoms. The molecule has 1 aromatic carbocycles. The number of hydrogen-bond acceptors (Lipinski definition) is 3. The summed E-state index contributed by atoms with van der Waals surface area (Å²) in [5.74, 6) is -1.29. The van der Waals surface area contributed by atoms with Crippen LogP contribution < -0.4 is 5.73 Å². The molecule has 144 valence electrons. The Morgan fingerprint density at radius 3 is 2.81 bits per heavy atom. The fourth-order valence-corrected chi connectivity index (χ4v) is 4.31. The van der Waals surface area contributed by atoms with E-state index in [-0.39, 0.29) is 5.91 Å². The molecule has 1 atom stereocenters. The molecule has 0 unspecified atom stereocenters. The second kappa shape index (κ2) is 7.38. The van der Waals surface area contributed by atoms with Gasteiger partial charge in [0.05, 0.1) is 11.7 Å². The second-order valence-corrected chi connectivity index (χ2v) is 7.66. The van der Waals surface area contributed by atoms with E-state index in [4.69, 9.17) is 5.73 Å². The Balaban J connectivity index is 1.51. The van der Waals surface area contributed by atoms with Gasteiger partial charge < -0.3 is 10.6 Å². The fourth-order valence-electron chi connectivity index (χ4n) is 4.31. The van der Waals surface area contributed by atoms with Crippen LogP contribution in [0.2, 0.25) is 0 Å². The molecule has 4 rings (SSSR count). The minimum atomic E-state index is -0.911. The molecule has 1 aliphatic carbocycles. The zero-order valence-electron chi connectivity index (χ0n) is 15.2. The number of amides is 1. The monoisotopic (exact) mass is 374 g/mol. The van der Waals surface area contributed by atoms with Crippen molar-refractivity contribution >= 4 is 5.91 Å². The van der Waals surface area contributed by atoms with Crippen LogP contribution in [0, 0.1) is 17.6 Å². The maximum absolute atomic E-state index is 13.6. The number of H-pyrrole nitrogens is 1. The Hall–Kier alpha value is -2.28. The quantitative estimate of drug-likeness (QED) is 0.863. The SMILES string of the molecule is N[C@H](CC1CCCC1)C(=O)N1CCc2[nH]nc(-c3ccc(F)c(F)c3)c2C1. The Labute approximate surface area is 156 Å². The lowest BCUT2D eigenvalue weighted by Gasteiger charge is -2.30. The van der Waals surface area contributed by atoms with Crippen molar-refractivity contribution in [1.82, 2.24) is 15.1 Å². The molecule has 0 saturated heterocycles. The van der Waals surface area contributed by atoms with Gasteiger partial charge in [-0.25, -0.2) is 8.78 Å². The first-order chi connectivity index (χ1) is 13.0. The van der Waals surface area contributed by atoms with Crippen LogP contribution in [0.5, 0.6) is 0 Å². The fraction of sp³-hybridized carbons (Fsp3) is 0.500. The van der Waals surface area contributed by atoms with Gasteiger partial charge in [0.1, 0.15) is 0 Å². The van der Waals surface area contributed by atoms with Crippen molar-refractivity contribution in [1.29, 1.82) is 0 Å². The van der Waals surface area contributed by atoms with Crippen molar-refractivity contribution in [3.05, 3.63) is 41.1 Å². The maximum atomic E-state index is 13.6. The van der Waals surface area contributed by atoms with E-state index in [0.717, 1.165) is 42.7 Å². The van der Waals surface area contributed by atoms with Gasteiger partial charge in [-0.3, -0.25) is 9.89 Å². The van der Waals surface area contributed by atoms with Gasteiger partial charge >= 0.3 is 0 Å². The average molecular weight is 374 g/mol. The highest BCUT2D eigenvalue weighted by molar-refractivity contribution is 5.82. The van der Waals surface area contributed by atoms with E-state index in [2.05, 4.69) is 10.2 Å². The third kappa shape index (κ3) is 3.60. The molecule has 1 amide bonds. The largest absolute Gasteiger partial charge is 0.336 e. The third-order valence-corrected chi connectivity index (χ3v) is 5.82. The van der Waals surface area contributed by atoms with Crippen LogP contribution in [0.1, 0.15) is 43.4 Å². The summed E-state index contributed by atoms with van der Waals surface area (Å²) in [4.78, 5) is 14.6. The number of benzene rings is 1. The summed E-state index contributed by atoms with van der Waals surface area (Å²) in [5, 5.41) is 7.25. The lowest BCUT2D eigenvalue weighted by molar-refractivity contribution is -0.133. The molecule has 2 heterocycles. The minimum Gasteiger partial charge on any atom is -0.336 e. The average Bonchev–Trinajstić information content (AvgIpc) is 3.32. The number of aromatic amines is 1. The number of rotatable bonds is 4. The number of fused-ring (bicyclic) bond motifs is 1. The topological polar surface area (TPSA) is 75.0 Å². The molecule has 1 fully saturated rings. The van der Waals surface area contributed by atoms with Gasteiger partial charge in [0.2, 0.25) is 5.91 Å². The minimum absolute atomic E-state index is 0.0370. The van der Waals surface area contributed by atoms with Gasteiger partial charge in [0, 0.05) is 36.3 Å². The highest BCUT2D eigenvalue weighted by atomic mass is 19.2. The third-order valence-electron chi connectivity index (χ3n) is 5.82. The van der Waals surface area contributed by atoms with Gasteiger partial charge in [-0.15, -0.1) is 0 Å². The Bertz CT molecular complexity index is 845. The molecule has 3 N–H and O–H groups in total. The standard InChI is InChI=1S/C20H24F2N4O/c21-15-6-5-13(10-16(15)22)19-14-11-26(8-7-18(14)24-25-19)20(27)17(23)9-12-3-1-2-4-12/h5-6,10,12,17H,1-4,7-9,11,23H2,(H,24,25)/t17-/m1/s1. The van der Waals surface area contributed by atoms with Crippen LogP contribution in [-0.4, -0.2) is 33.6 Å². The molecule has 0 radical (unpaired) electrons. The highest BCUT2D eigenvalue weighted by Gasteiger charge is 2.30. The van der Waals surface area contributed by atoms with Crippen molar-refractivity contribution in [3.8, 4) is 11.3 Å². The number of halogens is 2. The van der Waals surface area contributed by atoms with E-state index >= 15 is 0 Å². The summed E-state index contributed by atoms with van der Waals surface area (Å²) in [5.41, 5.74) is 9.05. The van der Waals surface area contributed by atoms with Crippen LogP contribution in [0.3, 0.4) is 0 Å². The zero-order valence-corrected chi connectivity index (χ0v) is 15.2. The Morgan fingerprint density at radius 1 is 1.30 bits per heavy atom. The van der Waals surface area contributed by atoms with Gasteiger partial charge in [-0.2, -0.15) is 5.10 Å². The van der Waals surface area contributed by atoms with Gasteiger partial charge in [0.15, 0.2) is 11.6 Å². The molecule has 1 aromatic heterocycles. The van der Waals surface area contributed by atoms with E-state index in [1.165, 1.54) is 18.9 Å². The molecule has 0 bridgehead atoms. The van der Waals surface area contributed by atoms with Crippen LogP contribution in [0.25, 0.3) is 11.3 Å². The summed E-state index contributed by atoms with van der Waals surface area (Å²) in [6.45, 7) is 0.973. The molecule has 0 spiro atoms. The molecular weight excluding hydrogens is 350 g/mol. The number of nitrogens with zero attached hydrogens (tertiary/aromatic N) is 2. The van der Waals surface area contributed by atoms with E-state index in [1.807, 2.05) is 0 Å². The molecule has 27 heavy (non-hydrogen) atoms. The highest BCUT2D eigenvalue weighted by Crippen LogP contribution is 2.31. The van der Waals surface area contributed by atoms with Gasteiger partial charge in [-0.05, 0) is 30.5 Å².